The van der Waals surface area contributed by atoms with E-state index >= 15 is 0 Å². The predicted molar refractivity (Wildman–Crippen MR) is 90.2 cm³/mol. The fourth-order valence-corrected chi connectivity index (χ4v) is 3.23. The lowest BCUT2D eigenvalue weighted by Crippen LogP contribution is -2.38. The van der Waals surface area contributed by atoms with Gasteiger partial charge in [0, 0.05) is 31.1 Å². The molecule has 1 aromatic rings. The highest BCUT2D eigenvalue weighted by Gasteiger charge is 2.24. The number of carbonyl (C=O) groups excluding carboxylic acids is 2. The first-order valence-corrected chi connectivity index (χ1v) is 8.83. The summed E-state index contributed by atoms with van der Waals surface area (Å²) in [6.45, 7) is 3.70. The number of likely N-dealkylation sites (tertiary alicyclic amines) is 1. The van der Waals surface area contributed by atoms with Gasteiger partial charge in [0.25, 0.3) is 5.91 Å². The summed E-state index contributed by atoms with van der Waals surface area (Å²) in [7, 11) is 0. The summed E-state index contributed by atoms with van der Waals surface area (Å²) in [5.74, 6) is 0.960. The Labute approximate surface area is 138 Å². The Bertz CT molecular complexity index is 555. The van der Waals surface area contributed by atoms with Crippen LogP contribution in [0.4, 0.5) is 0 Å². The second-order valence-corrected chi connectivity index (χ2v) is 6.83. The monoisotopic (exact) mass is 314 g/mol. The van der Waals surface area contributed by atoms with Gasteiger partial charge in [-0.25, -0.2) is 0 Å². The fourth-order valence-electron chi connectivity index (χ4n) is 3.23. The van der Waals surface area contributed by atoms with Crippen LogP contribution in [0.1, 0.15) is 54.9 Å². The van der Waals surface area contributed by atoms with E-state index in [0.717, 1.165) is 50.8 Å². The van der Waals surface area contributed by atoms with E-state index in [9.17, 15) is 9.59 Å². The van der Waals surface area contributed by atoms with Crippen molar-refractivity contribution in [1.29, 1.82) is 0 Å². The van der Waals surface area contributed by atoms with E-state index in [1.165, 1.54) is 5.56 Å². The van der Waals surface area contributed by atoms with Crippen molar-refractivity contribution in [3.8, 4) is 0 Å². The van der Waals surface area contributed by atoms with Gasteiger partial charge in [-0.3, -0.25) is 9.59 Å². The molecule has 1 saturated carbocycles. The number of carbonyl (C=O) groups is 2. The van der Waals surface area contributed by atoms with Gasteiger partial charge in [-0.1, -0.05) is 19.1 Å². The number of rotatable bonds is 5. The molecule has 4 heteroatoms. The van der Waals surface area contributed by atoms with Crippen LogP contribution in [0.2, 0.25) is 0 Å². The van der Waals surface area contributed by atoms with Crippen LogP contribution in [-0.2, 0) is 11.2 Å². The van der Waals surface area contributed by atoms with Crippen LogP contribution < -0.4 is 5.32 Å². The summed E-state index contributed by atoms with van der Waals surface area (Å²) < 4.78 is 0. The van der Waals surface area contributed by atoms with Crippen LogP contribution in [0.15, 0.2) is 24.3 Å². The summed E-state index contributed by atoms with van der Waals surface area (Å²) in [4.78, 5) is 25.7. The molecule has 124 valence electrons. The van der Waals surface area contributed by atoms with Crippen LogP contribution >= 0.6 is 0 Å². The summed E-state index contributed by atoms with van der Waals surface area (Å²) in [5.41, 5.74) is 2.04. The molecule has 1 aliphatic carbocycles. The zero-order valence-corrected chi connectivity index (χ0v) is 13.9. The molecule has 0 atom stereocenters. The molecule has 23 heavy (non-hydrogen) atoms. The summed E-state index contributed by atoms with van der Waals surface area (Å²) in [5, 5.41) is 3.02. The minimum atomic E-state index is 0.0467. The van der Waals surface area contributed by atoms with Gasteiger partial charge >= 0.3 is 0 Å². The number of amides is 2. The lowest BCUT2D eigenvalue weighted by Gasteiger charge is -2.32. The fraction of sp³-hybridized carbons (Fsp3) is 0.579. The topological polar surface area (TPSA) is 49.4 Å². The summed E-state index contributed by atoms with van der Waals surface area (Å²) >= 11 is 0. The van der Waals surface area contributed by atoms with Gasteiger partial charge in [-0.2, -0.15) is 0 Å². The van der Waals surface area contributed by atoms with Crippen molar-refractivity contribution < 1.29 is 9.59 Å². The average Bonchev–Trinajstić information content (AvgIpc) is 3.39. The molecule has 0 radical (unpaired) electrons. The highest BCUT2D eigenvalue weighted by atomic mass is 16.2. The molecule has 2 fully saturated rings. The first-order valence-electron chi connectivity index (χ1n) is 8.83. The highest BCUT2D eigenvalue weighted by molar-refractivity contribution is 5.94. The molecule has 2 amide bonds. The van der Waals surface area contributed by atoms with Crippen molar-refractivity contribution in [2.75, 3.05) is 13.1 Å². The van der Waals surface area contributed by atoms with Crippen LogP contribution in [0, 0.1) is 5.92 Å². The third-order valence-electron chi connectivity index (χ3n) is 4.92. The Balaban J connectivity index is 1.49. The smallest absolute Gasteiger partial charge is 0.251 e. The molecule has 1 aliphatic heterocycles. The maximum atomic E-state index is 12.0. The van der Waals surface area contributed by atoms with Crippen molar-refractivity contribution in [3.05, 3.63) is 35.4 Å². The maximum absolute atomic E-state index is 12.0. The number of hydrogen-bond donors (Lipinski definition) is 1. The van der Waals surface area contributed by atoms with Crippen molar-refractivity contribution >= 4 is 11.8 Å². The van der Waals surface area contributed by atoms with E-state index in [1.807, 2.05) is 24.0 Å². The van der Waals surface area contributed by atoms with E-state index in [2.05, 4.69) is 17.4 Å². The molecule has 4 nitrogen and oxygen atoms in total. The lowest BCUT2D eigenvalue weighted by atomic mass is 9.90. The normalized spacial score (nSPS) is 18.7. The minimum absolute atomic E-state index is 0.0467. The highest BCUT2D eigenvalue weighted by Crippen LogP contribution is 2.23. The van der Waals surface area contributed by atoms with Gasteiger partial charge in [-0.15, -0.1) is 0 Å². The molecule has 1 heterocycles. The first kappa shape index (κ1) is 16.0. The van der Waals surface area contributed by atoms with Crippen LogP contribution in [0.5, 0.6) is 0 Å². The Kier molecular flexibility index (Phi) is 4.99. The average molecular weight is 314 g/mol. The van der Waals surface area contributed by atoms with Gasteiger partial charge in [-0.05, 0) is 55.7 Å². The molecule has 0 spiro atoms. The van der Waals surface area contributed by atoms with Gasteiger partial charge in [0.15, 0.2) is 0 Å². The molecule has 0 unspecified atom stereocenters. The van der Waals surface area contributed by atoms with Gasteiger partial charge in [0.1, 0.15) is 0 Å². The van der Waals surface area contributed by atoms with E-state index < -0.39 is 0 Å². The number of hydrogen-bond acceptors (Lipinski definition) is 2. The third kappa shape index (κ3) is 4.34. The van der Waals surface area contributed by atoms with Crippen molar-refractivity contribution in [1.82, 2.24) is 10.2 Å². The number of nitrogens with one attached hydrogen (secondary N) is 1. The maximum Gasteiger partial charge on any atom is 0.251 e. The van der Waals surface area contributed by atoms with Gasteiger partial charge in [0.2, 0.25) is 5.91 Å². The molecular weight excluding hydrogens is 288 g/mol. The number of piperidine rings is 1. The number of benzene rings is 1. The van der Waals surface area contributed by atoms with Crippen molar-refractivity contribution in [2.24, 2.45) is 5.92 Å². The third-order valence-corrected chi connectivity index (χ3v) is 4.92. The van der Waals surface area contributed by atoms with Gasteiger partial charge in [0.05, 0.1) is 0 Å². The Morgan fingerprint density at radius 3 is 2.30 bits per heavy atom. The quantitative estimate of drug-likeness (QED) is 0.908. The summed E-state index contributed by atoms with van der Waals surface area (Å²) in [6, 6.07) is 8.42. The molecule has 0 bridgehead atoms. The summed E-state index contributed by atoms with van der Waals surface area (Å²) in [6.07, 6.45) is 6.03. The largest absolute Gasteiger partial charge is 0.349 e. The van der Waals surface area contributed by atoms with E-state index in [0.29, 0.717) is 18.4 Å². The molecule has 3 rings (SSSR count). The molecule has 0 aromatic heterocycles. The molecular formula is C19H26N2O2. The second kappa shape index (κ2) is 7.16. The van der Waals surface area contributed by atoms with E-state index in [1.54, 1.807) is 0 Å². The SMILES string of the molecule is CCC(=O)N1CCC(Cc2ccc(C(=O)NC3CC3)cc2)CC1. The Morgan fingerprint density at radius 2 is 1.74 bits per heavy atom. The molecule has 1 saturated heterocycles. The van der Waals surface area contributed by atoms with Crippen LogP contribution in [0.25, 0.3) is 0 Å². The minimum Gasteiger partial charge on any atom is -0.349 e. The number of nitrogens with zero attached hydrogens (tertiary/aromatic N) is 1. The predicted octanol–water partition coefficient (Wildman–Crippen LogP) is 2.77. The lowest BCUT2D eigenvalue weighted by molar-refractivity contribution is -0.132. The molecule has 1 aromatic carbocycles. The van der Waals surface area contributed by atoms with Crippen LogP contribution in [-0.4, -0.2) is 35.8 Å². The standard InChI is InChI=1S/C19H26N2O2/c1-2-18(22)21-11-9-15(10-12-21)13-14-3-5-16(6-4-14)19(23)20-17-7-8-17/h3-6,15,17H,2,7-13H2,1H3,(H,20,23). The van der Waals surface area contributed by atoms with E-state index in [4.69, 9.17) is 0 Å². The van der Waals surface area contributed by atoms with Crippen LogP contribution in [0.3, 0.4) is 0 Å². The van der Waals surface area contributed by atoms with Gasteiger partial charge < -0.3 is 10.2 Å². The van der Waals surface area contributed by atoms with E-state index in [-0.39, 0.29) is 11.8 Å². The second-order valence-electron chi connectivity index (χ2n) is 6.83. The molecule has 2 aliphatic rings. The Hall–Kier alpha value is -1.84. The van der Waals surface area contributed by atoms with Crippen molar-refractivity contribution in [3.63, 3.8) is 0 Å². The molecule has 1 N–H and O–H groups in total. The first-order chi connectivity index (χ1) is 11.2. The zero-order chi connectivity index (χ0) is 16.2. The zero-order valence-electron chi connectivity index (χ0n) is 13.9. The Morgan fingerprint density at radius 1 is 1.09 bits per heavy atom. The van der Waals surface area contributed by atoms with Crippen molar-refractivity contribution in [2.45, 2.75) is 51.5 Å².